The van der Waals surface area contributed by atoms with Crippen LogP contribution in [0.2, 0.25) is 0 Å². The lowest BCUT2D eigenvalue weighted by molar-refractivity contribution is -0.139. The topological polar surface area (TPSA) is 39.7 Å². The van der Waals surface area contributed by atoms with Crippen LogP contribution in [0, 0.1) is 0 Å². The van der Waals surface area contributed by atoms with E-state index in [9.17, 15) is 4.79 Å². The number of rotatable bonds is 4. The molecule has 2 fully saturated rings. The Hall–Kier alpha value is -0.980. The lowest BCUT2D eigenvalue weighted by Gasteiger charge is -2.41. The Morgan fingerprint density at radius 1 is 1.17 bits per heavy atom. The maximum atomic E-state index is 12.7. The highest BCUT2D eigenvalue weighted by Crippen LogP contribution is 2.22. The molecule has 0 spiro atoms. The van der Waals surface area contributed by atoms with E-state index in [0.717, 1.165) is 51.3 Å². The number of thiazole rings is 1. The monoisotopic (exact) mass is 336 g/mol. The van der Waals surface area contributed by atoms with Crippen molar-refractivity contribution in [1.29, 1.82) is 0 Å². The minimum absolute atomic E-state index is 0.317. The van der Waals surface area contributed by atoms with Gasteiger partial charge in [-0.1, -0.05) is 0 Å². The number of piperazine rings is 1. The first-order valence-corrected chi connectivity index (χ1v) is 9.70. The molecular weight excluding hydrogens is 308 g/mol. The number of nitrogens with zero attached hydrogens (tertiary/aromatic N) is 4. The molecule has 1 amide bonds. The number of likely N-dealkylation sites (tertiary alicyclic amines) is 1. The zero-order valence-corrected chi connectivity index (χ0v) is 15.1. The molecule has 2 saturated heterocycles. The van der Waals surface area contributed by atoms with Crippen molar-refractivity contribution in [3.63, 3.8) is 0 Å². The number of aromatic nitrogens is 1. The first kappa shape index (κ1) is 16.9. The summed E-state index contributed by atoms with van der Waals surface area (Å²) in [4.78, 5) is 23.9. The fourth-order valence-electron chi connectivity index (χ4n) is 3.84. The molecule has 2 aliphatic heterocycles. The van der Waals surface area contributed by atoms with E-state index in [1.54, 1.807) is 11.3 Å². The van der Waals surface area contributed by atoms with Gasteiger partial charge < -0.3 is 4.90 Å². The summed E-state index contributed by atoms with van der Waals surface area (Å²) in [6.07, 6.45) is 3.55. The van der Waals surface area contributed by atoms with Gasteiger partial charge in [0.15, 0.2) is 0 Å². The van der Waals surface area contributed by atoms with Crippen LogP contribution < -0.4 is 0 Å². The van der Waals surface area contributed by atoms with Gasteiger partial charge in [0.2, 0.25) is 5.91 Å². The van der Waals surface area contributed by atoms with Gasteiger partial charge in [0.1, 0.15) is 0 Å². The lowest BCUT2D eigenvalue weighted by Crippen LogP contribution is -2.54. The van der Waals surface area contributed by atoms with Gasteiger partial charge in [-0.05, 0) is 33.1 Å². The Labute approximate surface area is 143 Å². The summed E-state index contributed by atoms with van der Waals surface area (Å²) >= 11 is 1.65. The smallest absolute Gasteiger partial charge is 0.237 e. The Bertz CT molecular complexity index is 489. The summed E-state index contributed by atoms with van der Waals surface area (Å²) in [6, 6.07) is 0.800. The van der Waals surface area contributed by atoms with Gasteiger partial charge in [0.05, 0.1) is 17.7 Å². The molecule has 3 rings (SSSR count). The van der Waals surface area contributed by atoms with E-state index in [1.807, 2.05) is 5.51 Å². The van der Waals surface area contributed by atoms with E-state index in [4.69, 9.17) is 0 Å². The molecule has 5 nitrogen and oxygen atoms in total. The Balaban J connectivity index is 1.45. The first-order valence-electron chi connectivity index (χ1n) is 8.76. The van der Waals surface area contributed by atoms with E-state index in [1.165, 1.54) is 6.42 Å². The molecule has 3 heterocycles. The van der Waals surface area contributed by atoms with E-state index in [2.05, 4.69) is 38.9 Å². The van der Waals surface area contributed by atoms with Crippen molar-refractivity contribution < 1.29 is 4.79 Å². The fourth-order valence-corrected chi connectivity index (χ4v) is 4.39. The number of carbonyl (C=O) groups is 1. The summed E-state index contributed by atoms with van der Waals surface area (Å²) < 4.78 is 0. The van der Waals surface area contributed by atoms with E-state index < -0.39 is 0 Å². The molecule has 2 unspecified atom stereocenters. The van der Waals surface area contributed by atoms with Gasteiger partial charge in [-0.25, -0.2) is 4.98 Å². The van der Waals surface area contributed by atoms with Crippen LogP contribution in [-0.2, 0) is 11.3 Å². The standard InChI is InChI=1S/C17H28N4OS/c1-14-4-3-5-15(2)21(14)17(22)11-20-8-6-19(7-9-20)10-16-12-23-13-18-16/h12-15H,3-11H2,1-2H3. The van der Waals surface area contributed by atoms with E-state index >= 15 is 0 Å². The molecule has 0 aliphatic carbocycles. The summed E-state index contributed by atoms with van der Waals surface area (Å²) in [6.45, 7) is 9.91. The van der Waals surface area contributed by atoms with Gasteiger partial charge in [0.25, 0.3) is 0 Å². The van der Waals surface area contributed by atoms with Crippen molar-refractivity contribution in [2.24, 2.45) is 0 Å². The van der Waals surface area contributed by atoms with Gasteiger partial charge >= 0.3 is 0 Å². The quantitative estimate of drug-likeness (QED) is 0.844. The SMILES string of the molecule is CC1CCCC(C)N1C(=O)CN1CCN(Cc2cscn2)CC1. The second kappa shape index (κ2) is 7.73. The molecule has 0 bridgehead atoms. The number of piperidine rings is 1. The molecule has 6 heteroatoms. The zero-order valence-electron chi connectivity index (χ0n) is 14.3. The molecule has 0 N–H and O–H groups in total. The van der Waals surface area contributed by atoms with Crippen molar-refractivity contribution in [2.45, 2.75) is 51.7 Å². The molecule has 1 aromatic rings. The van der Waals surface area contributed by atoms with Crippen molar-refractivity contribution >= 4 is 17.2 Å². The molecule has 23 heavy (non-hydrogen) atoms. The average molecular weight is 337 g/mol. The highest BCUT2D eigenvalue weighted by atomic mass is 32.1. The largest absolute Gasteiger partial charge is 0.336 e. The second-order valence-corrected chi connectivity index (χ2v) is 7.68. The van der Waals surface area contributed by atoms with Crippen LogP contribution in [0.1, 0.15) is 38.8 Å². The Kier molecular flexibility index (Phi) is 5.67. The predicted octanol–water partition coefficient (Wildman–Crippen LogP) is 2.05. The molecule has 0 aromatic carbocycles. The van der Waals surface area contributed by atoms with Gasteiger partial charge in [-0.3, -0.25) is 14.6 Å². The third-order valence-corrected chi connectivity index (χ3v) is 5.81. The van der Waals surface area contributed by atoms with Gasteiger partial charge in [-0.2, -0.15) is 0 Å². The van der Waals surface area contributed by atoms with Gasteiger partial charge in [0, 0.05) is 50.2 Å². The van der Waals surface area contributed by atoms with Crippen LogP contribution in [0.25, 0.3) is 0 Å². The molecule has 0 saturated carbocycles. The third-order valence-electron chi connectivity index (χ3n) is 5.17. The molecule has 1 aromatic heterocycles. The van der Waals surface area contributed by atoms with Crippen molar-refractivity contribution in [3.05, 3.63) is 16.6 Å². The third kappa shape index (κ3) is 4.31. The van der Waals surface area contributed by atoms with E-state index in [-0.39, 0.29) is 0 Å². The highest BCUT2D eigenvalue weighted by Gasteiger charge is 2.30. The van der Waals surface area contributed by atoms with Crippen LogP contribution in [0.3, 0.4) is 0 Å². The van der Waals surface area contributed by atoms with Crippen LogP contribution in [0.4, 0.5) is 0 Å². The molecular formula is C17H28N4OS. The number of hydrogen-bond donors (Lipinski definition) is 0. The average Bonchev–Trinajstić information content (AvgIpc) is 3.02. The Morgan fingerprint density at radius 3 is 2.43 bits per heavy atom. The van der Waals surface area contributed by atoms with Crippen molar-refractivity contribution in [1.82, 2.24) is 19.7 Å². The summed E-state index contributed by atoms with van der Waals surface area (Å²) in [5.74, 6) is 0.317. The molecule has 2 atom stereocenters. The van der Waals surface area contributed by atoms with Crippen LogP contribution in [0.15, 0.2) is 10.9 Å². The van der Waals surface area contributed by atoms with E-state index in [0.29, 0.717) is 24.5 Å². The lowest BCUT2D eigenvalue weighted by atomic mass is 9.97. The Morgan fingerprint density at radius 2 is 1.83 bits per heavy atom. The van der Waals surface area contributed by atoms with Crippen molar-refractivity contribution in [2.75, 3.05) is 32.7 Å². The molecule has 0 radical (unpaired) electrons. The summed E-state index contributed by atoms with van der Waals surface area (Å²) in [7, 11) is 0. The fraction of sp³-hybridized carbons (Fsp3) is 0.765. The highest BCUT2D eigenvalue weighted by molar-refractivity contribution is 7.07. The minimum atomic E-state index is 0.317. The minimum Gasteiger partial charge on any atom is -0.336 e. The van der Waals surface area contributed by atoms with Crippen LogP contribution in [-0.4, -0.2) is 70.4 Å². The molecule has 128 valence electrons. The first-order chi connectivity index (χ1) is 11.1. The van der Waals surface area contributed by atoms with Gasteiger partial charge in [-0.15, -0.1) is 11.3 Å². The maximum Gasteiger partial charge on any atom is 0.237 e. The molecule has 2 aliphatic rings. The normalized spacial score (nSPS) is 27.3. The number of carbonyl (C=O) groups excluding carboxylic acids is 1. The number of hydrogen-bond acceptors (Lipinski definition) is 5. The zero-order chi connectivity index (χ0) is 16.2. The van der Waals surface area contributed by atoms with Crippen molar-refractivity contribution in [3.8, 4) is 0 Å². The van der Waals surface area contributed by atoms with Crippen LogP contribution >= 0.6 is 11.3 Å². The predicted molar refractivity (Wildman–Crippen MR) is 93.5 cm³/mol. The van der Waals surface area contributed by atoms with Crippen LogP contribution in [0.5, 0.6) is 0 Å². The summed E-state index contributed by atoms with van der Waals surface area (Å²) in [5, 5.41) is 2.12. The summed E-state index contributed by atoms with van der Waals surface area (Å²) in [5.41, 5.74) is 3.06. The number of amides is 1. The maximum absolute atomic E-state index is 12.7. The second-order valence-electron chi connectivity index (χ2n) is 6.96.